The lowest BCUT2D eigenvalue weighted by Crippen LogP contribution is -2.37. The van der Waals surface area contributed by atoms with Crippen LogP contribution in [0.3, 0.4) is 0 Å². The Hall–Kier alpha value is -3.43. The second-order valence-corrected chi connectivity index (χ2v) is 9.91. The zero-order chi connectivity index (χ0) is 26.7. The highest BCUT2D eigenvalue weighted by Gasteiger charge is 2.35. The van der Waals surface area contributed by atoms with Crippen LogP contribution in [-0.4, -0.2) is 76.7 Å². The quantitative estimate of drug-likeness (QED) is 0.530. The highest BCUT2D eigenvalue weighted by molar-refractivity contribution is 7.89. The topological polar surface area (TPSA) is 108 Å². The van der Waals surface area contributed by atoms with E-state index in [0.29, 0.717) is 0 Å². The van der Waals surface area contributed by atoms with Crippen molar-refractivity contribution >= 4 is 33.4 Å². The number of carbonyl (C=O) groups excluding carboxylic acids is 2. The lowest BCUT2D eigenvalue weighted by molar-refractivity contribution is -0.132. The van der Waals surface area contributed by atoms with Crippen LogP contribution >= 0.6 is 0 Å². The molecule has 10 nitrogen and oxygen atoms in total. The van der Waals surface area contributed by atoms with E-state index in [9.17, 15) is 26.8 Å². The van der Waals surface area contributed by atoms with Gasteiger partial charge >= 0.3 is 12.5 Å². The van der Waals surface area contributed by atoms with Crippen molar-refractivity contribution in [2.24, 2.45) is 0 Å². The number of nitrogens with one attached hydrogen (secondary N) is 1. The van der Waals surface area contributed by atoms with Crippen molar-refractivity contribution in [1.29, 1.82) is 0 Å². The molecule has 2 heterocycles. The zero-order valence-electron chi connectivity index (χ0n) is 19.2. The van der Waals surface area contributed by atoms with Gasteiger partial charge in [-0.15, -0.1) is 0 Å². The molecule has 15 heteroatoms. The normalized spacial score (nSPS) is 19.2. The third-order valence-corrected chi connectivity index (χ3v) is 7.36. The van der Waals surface area contributed by atoms with E-state index in [2.05, 4.69) is 0 Å². The minimum atomic E-state index is -3.98. The highest BCUT2D eigenvalue weighted by Crippen LogP contribution is 2.31. The zero-order valence-corrected chi connectivity index (χ0v) is 20.0. The standard InChI is InChI=1S/C22H22F4N4O6S/c23-17-10-14(29-13-15(36-22(29)32)12-27-21(31)20(25)26)11-18(24)19(17)28-6-7-30(35-9-8-28)37(33,34)16-4-2-1-3-5-16/h1-5,10-11,15,20H,6-9,12-13H2,(H,27,31)/t15-/m0/s1. The molecule has 2 aliphatic rings. The molecule has 0 bridgehead atoms. The fourth-order valence-electron chi connectivity index (χ4n) is 3.90. The van der Waals surface area contributed by atoms with Crippen molar-refractivity contribution < 1.29 is 45.1 Å². The molecule has 37 heavy (non-hydrogen) atoms. The first-order chi connectivity index (χ1) is 17.6. The van der Waals surface area contributed by atoms with Crippen LogP contribution in [0.2, 0.25) is 0 Å². The van der Waals surface area contributed by atoms with Crippen LogP contribution < -0.4 is 15.1 Å². The number of benzene rings is 2. The highest BCUT2D eigenvalue weighted by atomic mass is 32.2. The molecule has 0 aliphatic carbocycles. The van der Waals surface area contributed by atoms with Crippen LogP contribution in [0.4, 0.5) is 33.7 Å². The summed E-state index contributed by atoms with van der Waals surface area (Å²) in [4.78, 5) is 30.8. The monoisotopic (exact) mass is 546 g/mol. The van der Waals surface area contributed by atoms with Crippen LogP contribution in [0.15, 0.2) is 47.4 Å². The Labute approximate surface area is 209 Å². The largest absolute Gasteiger partial charge is 0.442 e. The molecule has 1 atom stereocenters. The lowest BCUT2D eigenvalue weighted by atomic mass is 10.2. The SMILES string of the molecule is O=C(NC[C@H]1CN(c2cc(F)c(N3CCON(S(=O)(=O)c4ccccc4)CC3)c(F)c2)C(=O)O1)C(F)F. The first-order valence-corrected chi connectivity index (χ1v) is 12.5. The number of hydrogen-bond acceptors (Lipinski definition) is 7. The second-order valence-electron chi connectivity index (χ2n) is 8.08. The molecule has 0 spiro atoms. The lowest BCUT2D eigenvalue weighted by Gasteiger charge is -2.24. The minimum absolute atomic E-state index is 0.00902. The Morgan fingerprint density at radius 2 is 1.76 bits per heavy atom. The van der Waals surface area contributed by atoms with Crippen LogP contribution in [0.1, 0.15) is 0 Å². The molecule has 0 unspecified atom stereocenters. The van der Waals surface area contributed by atoms with E-state index in [0.717, 1.165) is 21.5 Å². The van der Waals surface area contributed by atoms with Crippen molar-refractivity contribution in [2.45, 2.75) is 17.4 Å². The van der Waals surface area contributed by atoms with Gasteiger partial charge in [0.05, 0.1) is 36.8 Å². The van der Waals surface area contributed by atoms with Gasteiger partial charge in [-0.1, -0.05) is 22.7 Å². The average molecular weight is 546 g/mol. The van der Waals surface area contributed by atoms with Gasteiger partial charge in [0.15, 0.2) is 11.6 Å². The van der Waals surface area contributed by atoms with E-state index in [1.165, 1.54) is 17.0 Å². The minimum Gasteiger partial charge on any atom is -0.442 e. The fraction of sp³-hybridized carbons (Fsp3) is 0.364. The Kier molecular flexibility index (Phi) is 7.85. The van der Waals surface area contributed by atoms with Crippen molar-refractivity contribution in [3.05, 3.63) is 54.1 Å². The third-order valence-electron chi connectivity index (χ3n) is 5.66. The molecule has 200 valence electrons. The van der Waals surface area contributed by atoms with E-state index in [1.54, 1.807) is 18.2 Å². The Morgan fingerprint density at radius 1 is 1.08 bits per heavy atom. The molecular formula is C22H22F4N4O6S. The number of hydrogen-bond donors (Lipinski definition) is 1. The smallest absolute Gasteiger partial charge is 0.414 e. The molecule has 2 aromatic carbocycles. The molecule has 0 aromatic heterocycles. The molecule has 2 saturated heterocycles. The van der Waals surface area contributed by atoms with Gasteiger partial charge in [-0.3, -0.25) is 14.5 Å². The van der Waals surface area contributed by atoms with Crippen molar-refractivity contribution in [1.82, 2.24) is 9.79 Å². The number of hydroxylamine groups is 1. The summed E-state index contributed by atoms with van der Waals surface area (Å²) in [6, 6.07) is 9.39. The number of amides is 2. The first kappa shape index (κ1) is 26.6. The second kappa shape index (κ2) is 10.9. The summed E-state index contributed by atoms with van der Waals surface area (Å²) in [6.07, 6.45) is -5.20. The Bertz CT molecular complexity index is 1240. The van der Waals surface area contributed by atoms with E-state index in [4.69, 9.17) is 9.57 Å². The van der Waals surface area contributed by atoms with Crippen molar-refractivity contribution in [2.75, 3.05) is 49.1 Å². The maximum absolute atomic E-state index is 15.1. The number of ether oxygens (including phenoxy) is 1. The van der Waals surface area contributed by atoms with Crippen LogP contribution in [0.25, 0.3) is 0 Å². The van der Waals surface area contributed by atoms with Crippen molar-refractivity contribution in [3.63, 3.8) is 0 Å². The summed E-state index contributed by atoms with van der Waals surface area (Å²) in [5.41, 5.74) is -0.606. The molecule has 2 aromatic rings. The van der Waals surface area contributed by atoms with Crippen molar-refractivity contribution in [3.8, 4) is 0 Å². The van der Waals surface area contributed by atoms with E-state index >= 15 is 8.78 Å². The van der Waals surface area contributed by atoms with E-state index in [1.807, 2.05) is 5.32 Å². The predicted molar refractivity (Wildman–Crippen MR) is 121 cm³/mol. The number of sulfonamides is 1. The first-order valence-electron chi connectivity index (χ1n) is 11.1. The maximum atomic E-state index is 15.1. The number of anilines is 2. The van der Waals surface area contributed by atoms with Crippen LogP contribution in [-0.2, 0) is 24.4 Å². The Morgan fingerprint density at radius 3 is 2.41 bits per heavy atom. The number of halogens is 4. The van der Waals surface area contributed by atoms with Gasteiger partial charge in [-0.2, -0.15) is 8.78 Å². The molecule has 2 amide bonds. The van der Waals surface area contributed by atoms with Gasteiger partial charge in [0.2, 0.25) is 0 Å². The molecule has 0 radical (unpaired) electrons. The van der Waals surface area contributed by atoms with E-state index < -0.39 is 58.4 Å². The predicted octanol–water partition coefficient (Wildman–Crippen LogP) is 2.11. The van der Waals surface area contributed by atoms with Crippen LogP contribution in [0, 0.1) is 11.6 Å². The average Bonchev–Trinajstić information content (AvgIpc) is 3.06. The number of rotatable bonds is 7. The molecule has 2 fully saturated rings. The van der Waals surface area contributed by atoms with Gasteiger partial charge in [-0.25, -0.2) is 22.0 Å². The molecule has 1 N–H and O–H groups in total. The molecular weight excluding hydrogens is 524 g/mol. The number of cyclic esters (lactones) is 1. The molecule has 0 saturated carbocycles. The molecule has 4 rings (SSSR count). The number of nitrogens with zero attached hydrogens (tertiary/aromatic N) is 3. The van der Waals surface area contributed by atoms with Gasteiger partial charge in [0.25, 0.3) is 15.9 Å². The number of alkyl halides is 2. The summed E-state index contributed by atoms with van der Waals surface area (Å²) in [7, 11) is -3.98. The summed E-state index contributed by atoms with van der Waals surface area (Å²) >= 11 is 0. The fourth-order valence-corrected chi connectivity index (χ4v) is 5.17. The van der Waals surface area contributed by atoms with E-state index in [-0.39, 0.29) is 43.4 Å². The van der Waals surface area contributed by atoms with Crippen LogP contribution in [0.5, 0.6) is 0 Å². The Balaban J connectivity index is 1.45. The summed E-state index contributed by atoms with van der Waals surface area (Å²) in [5, 5.41) is 1.92. The summed E-state index contributed by atoms with van der Waals surface area (Å²) in [5.74, 6) is -3.57. The maximum Gasteiger partial charge on any atom is 0.414 e. The van der Waals surface area contributed by atoms with Gasteiger partial charge in [-0.05, 0) is 12.1 Å². The van der Waals surface area contributed by atoms with Gasteiger partial charge < -0.3 is 15.0 Å². The summed E-state index contributed by atoms with van der Waals surface area (Å²) < 4.78 is 86.2. The van der Waals surface area contributed by atoms with Gasteiger partial charge in [0.1, 0.15) is 11.8 Å². The summed E-state index contributed by atoms with van der Waals surface area (Å²) in [6.45, 7) is -1.11. The third kappa shape index (κ3) is 5.78. The molecule has 2 aliphatic heterocycles. The van der Waals surface area contributed by atoms with Gasteiger partial charge in [0, 0.05) is 25.2 Å². The number of carbonyl (C=O) groups is 2.